The number of hydrogen-bond acceptors (Lipinski definition) is 3. The summed E-state index contributed by atoms with van der Waals surface area (Å²) >= 11 is 5.98. The van der Waals surface area contributed by atoms with E-state index in [0.717, 1.165) is 37.4 Å². The zero-order valence-electron chi connectivity index (χ0n) is 10.2. The van der Waals surface area contributed by atoms with E-state index >= 15 is 0 Å². The highest BCUT2D eigenvalue weighted by Crippen LogP contribution is 2.29. The number of nitrogens with zero attached hydrogens (tertiary/aromatic N) is 1. The van der Waals surface area contributed by atoms with Gasteiger partial charge in [0.1, 0.15) is 5.75 Å². The molecule has 4 heteroatoms. The maximum Gasteiger partial charge on any atom is 0.123 e. The van der Waals surface area contributed by atoms with Gasteiger partial charge in [0, 0.05) is 30.2 Å². The number of ether oxygens (including phenoxy) is 1. The van der Waals surface area contributed by atoms with Crippen LogP contribution in [-0.4, -0.2) is 35.8 Å². The Labute approximate surface area is 107 Å². The number of methoxy groups -OCH3 is 1. The van der Waals surface area contributed by atoms with Gasteiger partial charge in [-0.3, -0.25) is 4.90 Å². The van der Waals surface area contributed by atoms with Gasteiger partial charge in [-0.25, -0.2) is 0 Å². The van der Waals surface area contributed by atoms with Crippen LogP contribution in [-0.2, 0) is 6.54 Å². The Morgan fingerprint density at radius 2 is 2.18 bits per heavy atom. The van der Waals surface area contributed by atoms with Crippen LogP contribution < -0.4 is 4.74 Å². The van der Waals surface area contributed by atoms with Crippen molar-refractivity contribution < 1.29 is 9.84 Å². The standard InChI is InChI=1S/C13H18ClNO2/c1-3-13(16)8-15(9-13)7-10-6-11(14)4-5-12(10)17-2/h4-6,16H,3,7-9H2,1-2H3. The first-order valence-electron chi connectivity index (χ1n) is 5.83. The molecule has 0 amide bonds. The third-order valence-electron chi connectivity index (χ3n) is 3.33. The predicted molar refractivity (Wildman–Crippen MR) is 68.5 cm³/mol. The highest BCUT2D eigenvalue weighted by atomic mass is 35.5. The van der Waals surface area contributed by atoms with Gasteiger partial charge in [-0.2, -0.15) is 0 Å². The number of rotatable bonds is 4. The molecule has 0 saturated carbocycles. The van der Waals surface area contributed by atoms with Gasteiger partial charge in [-0.1, -0.05) is 18.5 Å². The van der Waals surface area contributed by atoms with Crippen LogP contribution in [0, 0.1) is 0 Å². The second-order valence-corrected chi connectivity index (χ2v) is 5.12. The minimum atomic E-state index is -0.494. The maximum atomic E-state index is 9.95. The average molecular weight is 256 g/mol. The lowest BCUT2D eigenvalue weighted by atomic mass is 9.91. The Morgan fingerprint density at radius 1 is 1.47 bits per heavy atom. The molecule has 0 radical (unpaired) electrons. The molecule has 17 heavy (non-hydrogen) atoms. The van der Waals surface area contributed by atoms with Crippen molar-refractivity contribution in [2.24, 2.45) is 0 Å². The highest BCUT2D eigenvalue weighted by Gasteiger charge is 2.39. The van der Waals surface area contributed by atoms with E-state index in [1.165, 1.54) is 0 Å². The van der Waals surface area contributed by atoms with Crippen molar-refractivity contribution in [2.45, 2.75) is 25.5 Å². The number of β-amino-alcohol motifs (C(OH)–C–C–N with tert-alkyl or cyclic N) is 1. The Morgan fingerprint density at radius 3 is 2.76 bits per heavy atom. The molecule has 0 atom stereocenters. The predicted octanol–water partition coefficient (Wildman–Crippen LogP) is 2.31. The lowest BCUT2D eigenvalue weighted by Gasteiger charge is -2.46. The molecule has 94 valence electrons. The molecule has 0 unspecified atom stereocenters. The van der Waals surface area contributed by atoms with Crippen molar-refractivity contribution >= 4 is 11.6 Å². The van der Waals surface area contributed by atoms with Crippen LogP contribution in [0.4, 0.5) is 0 Å². The molecular formula is C13H18ClNO2. The first-order chi connectivity index (χ1) is 8.06. The van der Waals surface area contributed by atoms with E-state index in [1.54, 1.807) is 7.11 Å². The van der Waals surface area contributed by atoms with E-state index in [1.807, 2.05) is 25.1 Å². The third kappa shape index (κ3) is 2.73. The first kappa shape index (κ1) is 12.7. The lowest BCUT2D eigenvalue weighted by molar-refractivity contribution is -0.103. The summed E-state index contributed by atoms with van der Waals surface area (Å²) in [6.45, 7) is 4.22. The topological polar surface area (TPSA) is 32.7 Å². The molecule has 1 aromatic rings. The molecule has 1 N–H and O–H groups in total. The summed E-state index contributed by atoms with van der Waals surface area (Å²) in [6.07, 6.45) is 0.802. The van der Waals surface area contributed by atoms with E-state index in [0.29, 0.717) is 5.02 Å². The second kappa shape index (κ2) is 4.84. The highest BCUT2D eigenvalue weighted by molar-refractivity contribution is 6.30. The van der Waals surface area contributed by atoms with Gasteiger partial charge >= 0.3 is 0 Å². The molecule has 3 nitrogen and oxygen atoms in total. The molecule has 1 saturated heterocycles. The molecule has 2 rings (SSSR count). The summed E-state index contributed by atoms with van der Waals surface area (Å²) in [5, 5.41) is 10.7. The molecule has 0 spiro atoms. The van der Waals surface area contributed by atoms with Crippen LogP contribution in [0.1, 0.15) is 18.9 Å². The Balaban J connectivity index is 2.02. The number of aliphatic hydroxyl groups is 1. The third-order valence-corrected chi connectivity index (χ3v) is 3.57. The van der Waals surface area contributed by atoms with Gasteiger partial charge in [0.25, 0.3) is 0 Å². The second-order valence-electron chi connectivity index (χ2n) is 4.68. The molecule has 0 bridgehead atoms. The quantitative estimate of drug-likeness (QED) is 0.896. The van der Waals surface area contributed by atoms with Gasteiger partial charge in [0.15, 0.2) is 0 Å². The fourth-order valence-electron chi connectivity index (χ4n) is 2.23. The number of hydrogen-bond donors (Lipinski definition) is 1. The zero-order chi connectivity index (χ0) is 12.5. The summed E-state index contributed by atoms with van der Waals surface area (Å²) in [5.74, 6) is 0.848. The van der Waals surface area contributed by atoms with E-state index in [9.17, 15) is 5.11 Å². The van der Waals surface area contributed by atoms with E-state index in [4.69, 9.17) is 16.3 Å². The molecule has 0 aromatic heterocycles. The van der Waals surface area contributed by atoms with Crippen molar-refractivity contribution in [3.8, 4) is 5.75 Å². The van der Waals surface area contributed by atoms with Crippen LogP contribution in [0.3, 0.4) is 0 Å². The molecule has 1 fully saturated rings. The molecule has 1 heterocycles. The molecule has 1 aliphatic rings. The molecular weight excluding hydrogens is 238 g/mol. The number of halogens is 1. The maximum absolute atomic E-state index is 9.95. The Bertz CT molecular complexity index is 402. The summed E-state index contributed by atoms with van der Waals surface area (Å²) in [4.78, 5) is 2.19. The fourth-order valence-corrected chi connectivity index (χ4v) is 2.43. The average Bonchev–Trinajstić information content (AvgIpc) is 2.27. The van der Waals surface area contributed by atoms with Crippen LogP contribution in [0.15, 0.2) is 18.2 Å². The minimum absolute atomic E-state index is 0.494. The number of benzene rings is 1. The van der Waals surface area contributed by atoms with Crippen molar-refractivity contribution in [2.75, 3.05) is 20.2 Å². The van der Waals surface area contributed by atoms with Crippen molar-refractivity contribution in [1.82, 2.24) is 4.90 Å². The van der Waals surface area contributed by atoms with Gasteiger partial charge in [-0.05, 0) is 24.6 Å². The lowest BCUT2D eigenvalue weighted by Crippen LogP contribution is -2.60. The molecule has 0 aliphatic carbocycles. The summed E-state index contributed by atoms with van der Waals surface area (Å²) < 4.78 is 5.30. The van der Waals surface area contributed by atoms with E-state index in [2.05, 4.69) is 4.90 Å². The van der Waals surface area contributed by atoms with Gasteiger partial charge in [-0.15, -0.1) is 0 Å². The fraction of sp³-hybridized carbons (Fsp3) is 0.538. The van der Waals surface area contributed by atoms with Crippen molar-refractivity contribution in [3.63, 3.8) is 0 Å². The van der Waals surface area contributed by atoms with Crippen LogP contribution in [0.5, 0.6) is 5.75 Å². The van der Waals surface area contributed by atoms with Crippen molar-refractivity contribution in [3.05, 3.63) is 28.8 Å². The first-order valence-corrected chi connectivity index (χ1v) is 6.21. The summed E-state index contributed by atoms with van der Waals surface area (Å²) in [7, 11) is 1.66. The minimum Gasteiger partial charge on any atom is -0.496 e. The van der Waals surface area contributed by atoms with Gasteiger partial charge in [0.2, 0.25) is 0 Å². The van der Waals surface area contributed by atoms with Crippen LogP contribution in [0.25, 0.3) is 0 Å². The SMILES string of the molecule is CCC1(O)CN(Cc2cc(Cl)ccc2OC)C1. The van der Waals surface area contributed by atoms with E-state index in [-0.39, 0.29) is 0 Å². The normalized spacial score (nSPS) is 18.8. The Hall–Kier alpha value is -0.770. The summed E-state index contributed by atoms with van der Waals surface area (Å²) in [6, 6.07) is 5.62. The van der Waals surface area contributed by atoms with Crippen LogP contribution >= 0.6 is 11.6 Å². The van der Waals surface area contributed by atoms with Crippen molar-refractivity contribution in [1.29, 1.82) is 0 Å². The monoisotopic (exact) mass is 255 g/mol. The summed E-state index contributed by atoms with van der Waals surface area (Å²) in [5.41, 5.74) is 0.573. The van der Waals surface area contributed by atoms with Gasteiger partial charge in [0.05, 0.1) is 12.7 Å². The van der Waals surface area contributed by atoms with Crippen LogP contribution in [0.2, 0.25) is 5.02 Å². The molecule has 1 aromatic carbocycles. The largest absolute Gasteiger partial charge is 0.496 e. The number of likely N-dealkylation sites (tertiary alicyclic amines) is 1. The van der Waals surface area contributed by atoms with Gasteiger partial charge < -0.3 is 9.84 Å². The smallest absolute Gasteiger partial charge is 0.123 e. The zero-order valence-corrected chi connectivity index (χ0v) is 11.0. The van der Waals surface area contributed by atoms with E-state index < -0.39 is 5.60 Å². The Kier molecular flexibility index (Phi) is 3.61. The molecule has 1 aliphatic heterocycles.